The Balaban J connectivity index is 2.51. The monoisotopic (exact) mass is 285 g/mol. The van der Waals surface area contributed by atoms with E-state index >= 15 is 0 Å². The van der Waals surface area contributed by atoms with E-state index in [1.54, 1.807) is 17.5 Å². The van der Waals surface area contributed by atoms with Crippen molar-refractivity contribution in [1.82, 2.24) is 0 Å². The van der Waals surface area contributed by atoms with Crippen molar-refractivity contribution in [3.05, 3.63) is 53.2 Å². The van der Waals surface area contributed by atoms with E-state index in [2.05, 4.69) is 0 Å². The van der Waals surface area contributed by atoms with Crippen LogP contribution in [0.15, 0.2) is 46.0 Å². The predicted molar refractivity (Wildman–Crippen MR) is 69.7 cm³/mol. The van der Waals surface area contributed by atoms with Crippen molar-refractivity contribution in [2.24, 2.45) is 5.73 Å². The molecule has 1 heterocycles. The lowest BCUT2D eigenvalue weighted by Crippen LogP contribution is -2.22. The summed E-state index contributed by atoms with van der Waals surface area (Å²) in [6.07, 6.45) is 0. The Morgan fingerprint density at radius 2 is 1.94 bits per heavy atom. The summed E-state index contributed by atoms with van der Waals surface area (Å²) in [5.41, 5.74) is 5.64. The Morgan fingerprint density at radius 3 is 2.50 bits per heavy atom. The van der Waals surface area contributed by atoms with Crippen LogP contribution in [0.2, 0.25) is 0 Å². The molecule has 2 aromatic rings. The van der Waals surface area contributed by atoms with E-state index in [0.717, 1.165) is 11.3 Å². The quantitative estimate of drug-likeness (QED) is 0.938. The fraction of sp³-hybridized carbons (Fsp3) is 0.167. The number of sulfone groups is 1. The van der Waals surface area contributed by atoms with Gasteiger partial charge in [0.2, 0.25) is 0 Å². The fourth-order valence-electron chi connectivity index (χ4n) is 1.72. The summed E-state index contributed by atoms with van der Waals surface area (Å²) in [5.74, 6) is -0.548. The van der Waals surface area contributed by atoms with Crippen LogP contribution in [0.3, 0.4) is 0 Å². The summed E-state index contributed by atoms with van der Waals surface area (Å²) >= 11 is 1.11. The van der Waals surface area contributed by atoms with Crippen LogP contribution in [-0.4, -0.2) is 15.0 Å². The van der Waals surface area contributed by atoms with Gasteiger partial charge in [0.25, 0.3) is 0 Å². The number of thiophene rings is 1. The molecule has 0 aliphatic heterocycles. The topological polar surface area (TPSA) is 60.2 Å². The number of hydrogen-bond acceptors (Lipinski definition) is 4. The van der Waals surface area contributed by atoms with Crippen LogP contribution >= 0.6 is 11.3 Å². The van der Waals surface area contributed by atoms with E-state index in [9.17, 15) is 12.8 Å². The van der Waals surface area contributed by atoms with Crippen molar-refractivity contribution >= 4 is 21.2 Å². The van der Waals surface area contributed by atoms with Gasteiger partial charge in [0.05, 0.1) is 0 Å². The second kappa shape index (κ2) is 5.17. The third kappa shape index (κ3) is 2.31. The van der Waals surface area contributed by atoms with Crippen LogP contribution in [0.25, 0.3) is 0 Å². The molecule has 0 fully saturated rings. The normalized spacial score (nSPS) is 13.4. The molecule has 0 unspecified atom stereocenters. The SMILES string of the molecule is NC[C@@H](c1ccccc1F)S(=O)(=O)c1cccs1. The average molecular weight is 285 g/mol. The molecule has 1 aromatic heterocycles. The lowest BCUT2D eigenvalue weighted by Gasteiger charge is -2.15. The first kappa shape index (κ1) is 13.2. The smallest absolute Gasteiger partial charge is 0.196 e. The standard InChI is InChI=1S/C12H12FNO2S2/c13-10-5-2-1-4-9(10)11(8-14)18(15,16)12-6-3-7-17-12/h1-7,11H,8,14H2/t11-/m0/s1. The van der Waals surface area contributed by atoms with Crippen LogP contribution in [0.4, 0.5) is 4.39 Å². The summed E-state index contributed by atoms with van der Waals surface area (Å²) in [5, 5.41) is 0.624. The molecule has 1 atom stereocenters. The van der Waals surface area contributed by atoms with Crippen molar-refractivity contribution in [2.45, 2.75) is 9.46 Å². The Morgan fingerprint density at radius 1 is 1.22 bits per heavy atom. The molecule has 0 aliphatic carbocycles. The summed E-state index contributed by atoms with van der Waals surface area (Å²) in [6, 6.07) is 8.96. The number of halogens is 1. The maximum absolute atomic E-state index is 13.7. The van der Waals surface area contributed by atoms with Gasteiger partial charge in [-0.05, 0) is 17.5 Å². The molecule has 0 aliphatic rings. The summed E-state index contributed by atoms with van der Waals surface area (Å²) in [6.45, 7) is -0.152. The summed E-state index contributed by atoms with van der Waals surface area (Å²) in [7, 11) is -3.63. The first-order valence-electron chi connectivity index (χ1n) is 5.29. The van der Waals surface area contributed by atoms with E-state index in [1.807, 2.05) is 0 Å². The minimum atomic E-state index is -3.63. The highest BCUT2D eigenvalue weighted by Crippen LogP contribution is 2.31. The highest BCUT2D eigenvalue weighted by molar-refractivity contribution is 7.93. The molecular weight excluding hydrogens is 273 g/mol. The molecule has 3 nitrogen and oxygen atoms in total. The van der Waals surface area contributed by atoms with Crippen molar-refractivity contribution in [1.29, 1.82) is 0 Å². The molecule has 18 heavy (non-hydrogen) atoms. The largest absolute Gasteiger partial charge is 0.329 e. The Kier molecular flexibility index (Phi) is 3.79. The van der Waals surface area contributed by atoms with E-state index in [-0.39, 0.29) is 16.3 Å². The first-order chi connectivity index (χ1) is 8.57. The van der Waals surface area contributed by atoms with Gasteiger partial charge in [-0.15, -0.1) is 11.3 Å². The van der Waals surface area contributed by atoms with Gasteiger partial charge in [-0.1, -0.05) is 24.3 Å². The third-order valence-corrected chi connectivity index (χ3v) is 6.16. The molecule has 0 saturated heterocycles. The molecule has 0 spiro atoms. The van der Waals surface area contributed by atoms with Crippen LogP contribution in [-0.2, 0) is 9.84 Å². The van der Waals surface area contributed by atoms with Gasteiger partial charge in [-0.25, -0.2) is 12.8 Å². The molecule has 6 heteroatoms. The lowest BCUT2D eigenvalue weighted by atomic mass is 10.1. The van der Waals surface area contributed by atoms with Gasteiger partial charge < -0.3 is 5.73 Å². The average Bonchev–Trinajstić information content (AvgIpc) is 2.86. The minimum absolute atomic E-state index is 0.119. The maximum atomic E-state index is 13.7. The van der Waals surface area contributed by atoms with Gasteiger partial charge >= 0.3 is 0 Å². The van der Waals surface area contributed by atoms with E-state index < -0.39 is 20.9 Å². The fourth-order valence-corrected chi connectivity index (χ4v) is 4.55. The first-order valence-corrected chi connectivity index (χ1v) is 7.72. The number of hydrogen-bond donors (Lipinski definition) is 1. The van der Waals surface area contributed by atoms with E-state index in [4.69, 9.17) is 5.73 Å². The van der Waals surface area contributed by atoms with Crippen molar-refractivity contribution < 1.29 is 12.8 Å². The van der Waals surface area contributed by atoms with Gasteiger partial charge in [0.1, 0.15) is 15.3 Å². The van der Waals surface area contributed by atoms with E-state index in [1.165, 1.54) is 24.3 Å². The van der Waals surface area contributed by atoms with Crippen LogP contribution in [0, 0.1) is 5.82 Å². The van der Waals surface area contributed by atoms with Crippen molar-refractivity contribution in [2.75, 3.05) is 6.54 Å². The minimum Gasteiger partial charge on any atom is -0.329 e. The Hall–Kier alpha value is -1.24. The molecule has 2 rings (SSSR count). The Bertz CT molecular complexity index is 623. The molecular formula is C12H12FNO2S2. The molecule has 96 valence electrons. The van der Waals surface area contributed by atoms with E-state index in [0.29, 0.717) is 0 Å². The van der Waals surface area contributed by atoms with Gasteiger partial charge in [0.15, 0.2) is 9.84 Å². The second-order valence-electron chi connectivity index (χ2n) is 3.72. The molecule has 0 bridgehead atoms. The van der Waals surface area contributed by atoms with Crippen LogP contribution < -0.4 is 5.73 Å². The van der Waals surface area contributed by atoms with Gasteiger partial charge in [0, 0.05) is 12.1 Å². The highest BCUT2D eigenvalue weighted by Gasteiger charge is 2.30. The van der Waals surface area contributed by atoms with Gasteiger partial charge in [-0.2, -0.15) is 0 Å². The molecule has 0 saturated carbocycles. The molecule has 1 aromatic carbocycles. The number of rotatable bonds is 4. The van der Waals surface area contributed by atoms with Crippen molar-refractivity contribution in [3.63, 3.8) is 0 Å². The summed E-state index contributed by atoms with van der Waals surface area (Å²) < 4.78 is 38.6. The zero-order valence-electron chi connectivity index (χ0n) is 9.41. The Labute approximate surface area is 109 Å². The molecule has 2 N–H and O–H groups in total. The zero-order valence-corrected chi connectivity index (χ0v) is 11.0. The summed E-state index contributed by atoms with van der Waals surface area (Å²) in [4.78, 5) is 0. The zero-order chi connectivity index (χ0) is 13.2. The maximum Gasteiger partial charge on any atom is 0.196 e. The number of nitrogens with two attached hydrogens (primary N) is 1. The third-order valence-electron chi connectivity index (χ3n) is 2.62. The number of benzene rings is 1. The molecule has 0 radical (unpaired) electrons. The second-order valence-corrected chi connectivity index (χ2v) is 7.03. The van der Waals surface area contributed by atoms with Crippen molar-refractivity contribution in [3.8, 4) is 0 Å². The van der Waals surface area contributed by atoms with Crippen LogP contribution in [0.1, 0.15) is 10.8 Å². The molecule has 0 amide bonds. The predicted octanol–water partition coefficient (Wildman–Crippen LogP) is 2.36. The van der Waals surface area contributed by atoms with Crippen LogP contribution in [0.5, 0.6) is 0 Å². The highest BCUT2D eigenvalue weighted by atomic mass is 32.2. The van der Waals surface area contributed by atoms with Gasteiger partial charge in [-0.3, -0.25) is 0 Å². The lowest BCUT2D eigenvalue weighted by molar-refractivity contribution is 0.570.